The van der Waals surface area contributed by atoms with E-state index in [9.17, 15) is 0 Å². The molecule has 1 aromatic rings. The first-order valence-electron chi connectivity index (χ1n) is 4.70. The van der Waals surface area contributed by atoms with Crippen molar-refractivity contribution in [1.29, 1.82) is 0 Å². The minimum absolute atomic E-state index is 0.734. The average Bonchev–Trinajstić information content (AvgIpc) is 2.88. The molecule has 0 amide bonds. The van der Waals surface area contributed by atoms with Gasteiger partial charge in [0.2, 0.25) is 0 Å². The summed E-state index contributed by atoms with van der Waals surface area (Å²) in [4.78, 5) is 0. The van der Waals surface area contributed by atoms with Crippen LogP contribution in [0, 0.1) is 12.8 Å². The zero-order valence-electron chi connectivity index (χ0n) is 7.83. The number of anilines is 1. The van der Waals surface area contributed by atoms with Gasteiger partial charge in [-0.3, -0.25) is 5.43 Å². The van der Waals surface area contributed by atoms with Crippen LogP contribution in [0.3, 0.4) is 0 Å². The summed E-state index contributed by atoms with van der Waals surface area (Å²) in [5.74, 6) is 0.734. The Morgan fingerprint density at radius 1 is 1.46 bits per heavy atom. The van der Waals surface area contributed by atoms with E-state index < -0.39 is 0 Å². The lowest BCUT2D eigenvalue weighted by molar-refractivity contribution is 1.20. The van der Waals surface area contributed by atoms with Gasteiger partial charge in [-0.25, -0.2) is 0 Å². The van der Waals surface area contributed by atoms with Crippen LogP contribution in [-0.4, -0.2) is 6.21 Å². The first-order valence-corrected chi connectivity index (χ1v) is 4.70. The molecule has 0 aliphatic heterocycles. The van der Waals surface area contributed by atoms with E-state index in [1.807, 2.05) is 18.3 Å². The Labute approximate surface area is 78.7 Å². The number of aryl methyl sites for hydroxylation is 1. The van der Waals surface area contributed by atoms with Crippen LogP contribution < -0.4 is 5.43 Å². The van der Waals surface area contributed by atoms with Gasteiger partial charge in [0.15, 0.2) is 0 Å². The fraction of sp³-hybridized carbons (Fsp3) is 0.364. The number of hydrogen-bond acceptors (Lipinski definition) is 2. The molecule has 68 valence electrons. The van der Waals surface area contributed by atoms with Gasteiger partial charge in [0.05, 0.1) is 5.69 Å². The number of benzene rings is 1. The van der Waals surface area contributed by atoms with Gasteiger partial charge in [0, 0.05) is 6.21 Å². The first kappa shape index (κ1) is 8.30. The maximum atomic E-state index is 4.17. The summed E-state index contributed by atoms with van der Waals surface area (Å²) in [6.45, 7) is 2.08. The molecule has 13 heavy (non-hydrogen) atoms. The third-order valence-corrected chi connectivity index (χ3v) is 2.12. The summed E-state index contributed by atoms with van der Waals surface area (Å²) in [6.07, 6.45) is 4.61. The Bertz CT molecular complexity index is 314. The highest BCUT2D eigenvalue weighted by molar-refractivity contribution is 5.65. The second-order valence-corrected chi connectivity index (χ2v) is 3.60. The lowest BCUT2D eigenvalue weighted by Crippen LogP contribution is -1.90. The van der Waals surface area contributed by atoms with Crippen molar-refractivity contribution >= 4 is 11.9 Å². The molecule has 1 fully saturated rings. The highest BCUT2D eigenvalue weighted by Gasteiger charge is 2.18. The molecule has 0 aromatic heterocycles. The molecule has 0 heterocycles. The molecule has 1 aliphatic rings. The summed E-state index contributed by atoms with van der Waals surface area (Å²) in [5.41, 5.74) is 5.35. The average molecular weight is 174 g/mol. The van der Waals surface area contributed by atoms with Crippen LogP contribution >= 0.6 is 0 Å². The molecule has 1 aliphatic carbocycles. The Kier molecular flexibility index (Phi) is 2.30. The summed E-state index contributed by atoms with van der Waals surface area (Å²) in [6, 6.07) is 8.22. The SMILES string of the molecule is Cc1cccc(N/N=C/C2CC2)c1. The molecule has 0 atom stereocenters. The van der Waals surface area contributed by atoms with Crippen molar-refractivity contribution in [3.8, 4) is 0 Å². The van der Waals surface area contributed by atoms with E-state index in [4.69, 9.17) is 0 Å². The van der Waals surface area contributed by atoms with Crippen LogP contribution in [0.1, 0.15) is 18.4 Å². The van der Waals surface area contributed by atoms with E-state index in [2.05, 4.69) is 29.6 Å². The number of nitrogens with zero attached hydrogens (tertiary/aromatic N) is 1. The predicted molar refractivity (Wildman–Crippen MR) is 56.0 cm³/mol. The fourth-order valence-electron chi connectivity index (χ4n) is 1.18. The van der Waals surface area contributed by atoms with Gasteiger partial charge >= 0.3 is 0 Å². The molecule has 2 nitrogen and oxygen atoms in total. The van der Waals surface area contributed by atoms with Gasteiger partial charge in [-0.15, -0.1) is 0 Å². The molecule has 2 rings (SSSR count). The minimum atomic E-state index is 0.734. The lowest BCUT2D eigenvalue weighted by Gasteiger charge is -1.99. The third-order valence-electron chi connectivity index (χ3n) is 2.12. The Balaban J connectivity index is 1.92. The van der Waals surface area contributed by atoms with Gasteiger partial charge in [0.25, 0.3) is 0 Å². The van der Waals surface area contributed by atoms with Gasteiger partial charge < -0.3 is 0 Å². The maximum absolute atomic E-state index is 4.17. The van der Waals surface area contributed by atoms with Gasteiger partial charge in [0.1, 0.15) is 0 Å². The molecule has 1 saturated carbocycles. The largest absolute Gasteiger partial charge is 0.279 e. The highest BCUT2D eigenvalue weighted by Crippen LogP contribution is 2.26. The molecular formula is C11H14N2. The van der Waals surface area contributed by atoms with E-state index in [1.165, 1.54) is 18.4 Å². The normalized spacial score (nSPS) is 16.4. The molecule has 0 spiro atoms. The molecule has 1 N–H and O–H groups in total. The Hall–Kier alpha value is -1.31. The van der Waals surface area contributed by atoms with Crippen LogP contribution in [0.4, 0.5) is 5.69 Å². The fourth-order valence-corrected chi connectivity index (χ4v) is 1.18. The molecule has 0 radical (unpaired) electrons. The Morgan fingerprint density at radius 2 is 2.31 bits per heavy atom. The van der Waals surface area contributed by atoms with Crippen molar-refractivity contribution in [3.05, 3.63) is 29.8 Å². The molecule has 0 saturated heterocycles. The number of hydrogen-bond donors (Lipinski definition) is 1. The van der Waals surface area contributed by atoms with Crippen LogP contribution in [0.2, 0.25) is 0 Å². The van der Waals surface area contributed by atoms with Crippen molar-refractivity contribution < 1.29 is 0 Å². The van der Waals surface area contributed by atoms with E-state index >= 15 is 0 Å². The quantitative estimate of drug-likeness (QED) is 0.553. The first-order chi connectivity index (χ1) is 6.34. The van der Waals surface area contributed by atoms with Gasteiger partial charge in [-0.05, 0) is 43.4 Å². The lowest BCUT2D eigenvalue weighted by atomic mass is 10.2. The van der Waals surface area contributed by atoms with E-state index in [1.54, 1.807) is 0 Å². The van der Waals surface area contributed by atoms with Gasteiger partial charge in [-0.1, -0.05) is 12.1 Å². The van der Waals surface area contributed by atoms with Gasteiger partial charge in [-0.2, -0.15) is 5.10 Å². The summed E-state index contributed by atoms with van der Waals surface area (Å²) >= 11 is 0. The van der Waals surface area contributed by atoms with Crippen molar-refractivity contribution in [3.63, 3.8) is 0 Å². The molecule has 0 bridgehead atoms. The second-order valence-electron chi connectivity index (χ2n) is 3.60. The van der Waals surface area contributed by atoms with E-state index in [0.717, 1.165) is 11.6 Å². The summed E-state index contributed by atoms with van der Waals surface area (Å²) in [5, 5.41) is 4.17. The third kappa shape index (κ3) is 2.58. The van der Waals surface area contributed by atoms with Crippen molar-refractivity contribution in [2.75, 3.05) is 5.43 Å². The van der Waals surface area contributed by atoms with Crippen LogP contribution in [0.25, 0.3) is 0 Å². The van der Waals surface area contributed by atoms with E-state index in [-0.39, 0.29) is 0 Å². The zero-order chi connectivity index (χ0) is 9.10. The minimum Gasteiger partial charge on any atom is -0.279 e. The zero-order valence-corrected chi connectivity index (χ0v) is 7.83. The monoisotopic (exact) mass is 174 g/mol. The molecule has 1 aromatic carbocycles. The molecular weight excluding hydrogens is 160 g/mol. The van der Waals surface area contributed by atoms with Crippen molar-refractivity contribution in [2.45, 2.75) is 19.8 Å². The predicted octanol–water partition coefficient (Wildman–Crippen LogP) is 2.80. The number of hydrazone groups is 1. The Morgan fingerprint density at radius 3 is 3.00 bits per heavy atom. The highest BCUT2D eigenvalue weighted by atomic mass is 15.3. The maximum Gasteiger partial charge on any atom is 0.0564 e. The molecule has 2 heteroatoms. The van der Waals surface area contributed by atoms with Crippen LogP contribution in [0.15, 0.2) is 29.4 Å². The van der Waals surface area contributed by atoms with Crippen LogP contribution in [-0.2, 0) is 0 Å². The smallest absolute Gasteiger partial charge is 0.0564 e. The van der Waals surface area contributed by atoms with Crippen LogP contribution in [0.5, 0.6) is 0 Å². The standard InChI is InChI=1S/C11H14N2/c1-9-3-2-4-11(7-9)13-12-8-10-5-6-10/h2-4,7-8,10,13H,5-6H2,1H3/b12-8+. The second kappa shape index (κ2) is 3.60. The number of rotatable bonds is 3. The number of nitrogens with one attached hydrogen (secondary N) is 1. The van der Waals surface area contributed by atoms with E-state index in [0.29, 0.717) is 0 Å². The van der Waals surface area contributed by atoms with Crippen molar-refractivity contribution in [1.82, 2.24) is 0 Å². The summed E-state index contributed by atoms with van der Waals surface area (Å²) < 4.78 is 0. The summed E-state index contributed by atoms with van der Waals surface area (Å²) in [7, 11) is 0. The van der Waals surface area contributed by atoms with Crippen molar-refractivity contribution in [2.24, 2.45) is 11.0 Å². The topological polar surface area (TPSA) is 24.4 Å². The molecule has 0 unspecified atom stereocenters.